The van der Waals surface area contributed by atoms with Gasteiger partial charge in [0.1, 0.15) is 5.15 Å². The van der Waals surface area contributed by atoms with Gasteiger partial charge in [0.25, 0.3) is 0 Å². The number of halogens is 1. The highest BCUT2D eigenvalue weighted by Gasteiger charge is 2.16. The van der Waals surface area contributed by atoms with Crippen LogP contribution in [0.2, 0.25) is 5.15 Å². The van der Waals surface area contributed by atoms with Crippen LogP contribution in [0.15, 0.2) is 30.3 Å². The van der Waals surface area contributed by atoms with Crippen molar-refractivity contribution in [3.63, 3.8) is 0 Å². The van der Waals surface area contributed by atoms with Gasteiger partial charge in [0, 0.05) is 31.4 Å². The van der Waals surface area contributed by atoms with E-state index in [-0.39, 0.29) is 6.42 Å². The van der Waals surface area contributed by atoms with Gasteiger partial charge in [-0.1, -0.05) is 29.8 Å². The zero-order chi connectivity index (χ0) is 15.4. The van der Waals surface area contributed by atoms with Crippen molar-refractivity contribution in [2.75, 3.05) is 11.4 Å². The third kappa shape index (κ3) is 3.76. The molecular formula is C15H18ClN3O2. The molecule has 1 aromatic carbocycles. The molecule has 0 amide bonds. The van der Waals surface area contributed by atoms with Gasteiger partial charge in [0.15, 0.2) is 0 Å². The lowest BCUT2D eigenvalue weighted by Crippen LogP contribution is -2.26. The Labute approximate surface area is 128 Å². The van der Waals surface area contributed by atoms with E-state index in [4.69, 9.17) is 16.7 Å². The molecule has 1 heterocycles. The van der Waals surface area contributed by atoms with Gasteiger partial charge >= 0.3 is 5.97 Å². The molecule has 0 radical (unpaired) electrons. The van der Waals surface area contributed by atoms with E-state index in [0.717, 1.165) is 16.9 Å². The molecule has 112 valence electrons. The van der Waals surface area contributed by atoms with E-state index >= 15 is 0 Å². The number of para-hydroxylation sites is 1. The van der Waals surface area contributed by atoms with Crippen molar-refractivity contribution in [3.05, 3.63) is 46.7 Å². The Bertz CT molecular complexity index is 625. The predicted molar refractivity (Wildman–Crippen MR) is 82.7 cm³/mol. The highest BCUT2D eigenvalue weighted by atomic mass is 35.5. The average Bonchev–Trinajstić information content (AvgIpc) is 2.70. The molecule has 1 N–H and O–H groups in total. The van der Waals surface area contributed by atoms with Gasteiger partial charge in [-0.05, 0) is 19.1 Å². The highest BCUT2D eigenvalue weighted by Crippen LogP contribution is 2.24. The van der Waals surface area contributed by atoms with Gasteiger partial charge in [-0.3, -0.25) is 9.48 Å². The summed E-state index contributed by atoms with van der Waals surface area (Å²) in [5, 5.41) is 13.8. The molecule has 0 unspecified atom stereocenters. The third-order valence-corrected chi connectivity index (χ3v) is 3.81. The Balaban J connectivity index is 2.25. The fourth-order valence-corrected chi connectivity index (χ4v) is 2.45. The normalized spacial score (nSPS) is 10.6. The Morgan fingerprint density at radius 2 is 2.05 bits per heavy atom. The van der Waals surface area contributed by atoms with Crippen LogP contribution in [-0.2, 0) is 18.4 Å². The van der Waals surface area contributed by atoms with Crippen LogP contribution in [0.5, 0.6) is 0 Å². The van der Waals surface area contributed by atoms with Gasteiger partial charge in [-0.2, -0.15) is 5.10 Å². The van der Waals surface area contributed by atoms with Crippen LogP contribution in [0.3, 0.4) is 0 Å². The zero-order valence-electron chi connectivity index (χ0n) is 12.1. The lowest BCUT2D eigenvalue weighted by Gasteiger charge is -2.24. The molecule has 0 atom stereocenters. The Morgan fingerprint density at radius 1 is 1.38 bits per heavy atom. The van der Waals surface area contributed by atoms with Crippen LogP contribution in [0.25, 0.3) is 0 Å². The minimum Gasteiger partial charge on any atom is -0.481 e. The van der Waals surface area contributed by atoms with Crippen molar-refractivity contribution in [2.45, 2.75) is 19.9 Å². The summed E-state index contributed by atoms with van der Waals surface area (Å²) in [6.07, 6.45) is 0.0752. The third-order valence-electron chi connectivity index (χ3n) is 3.34. The Hall–Kier alpha value is -2.01. The smallest absolute Gasteiger partial charge is 0.305 e. The number of aromatic nitrogens is 2. The molecule has 21 heavy (non-hydrogen) atoms. The van der Waals surface area contributed by atoms with Gasteiger partial charge in [0.05, 0.1) is 12.1 Å². The van der Waals surface area contributed by atoms with Crippen molar-refractivity contribution >= 4 is 23.3 Å². The topological polar surface area (TPSA) is 58.4 Å². The second kappa shape index (κ2) is 6.63. The van der Waals surface area contributed by atoms with Crippen molar-refractivity contribution in [2.24, 2.45) is 7.05 Å². The number of nitrogens with zero attached hydrogens (tertiary/aromatic N) is 3. The van der Waals surface area contributed by atoms with E-state index in [9.17, 15) is 4.79 Å². The van der Waals surface area contributed by atoms with E-state index in [0.29, 0.717) is 18.2 Å². The maximum Gasteiger partial charge on any atom is 0.305 e. The monoisotopic (exact) mass is 307 g/mol. The molecule has 0 aliphatic heterocycles. The first-order valence-corrected chi connectivity index (χ1v) is 7.06. The molecule has 0 aliphatic rings. The molecule has 1 aromatic heterocycles. The summed E-state index contributed by atoms with van der Waals surface area (Å²) < 4.78 is 1.63. The standard InChI is InChI=1S/C15H18ClN3O2/c1-11-13(15(16)18(2)17-11)10-19(9-8-14(20)21)12-6-4-3-5-7-12/h3-7H,8-10H2,1-2H3,(H,20,21). The predicted octanol–water partition coefficient (Wildman–Crippen LogP) is 2.86. The van der Waals surface area contributed by atoms with Crippen LogP contribution in [0.1, 0.15) is 17.7 Å². The number of benzene rings is 1. The summed E-state index contributed by atoms with van der Waals surface area (Å²) in [5.41, 5.74) is 2.75. The first-order valence-electron chi connectivity index (χ1n) is 6.68. The fraction of sp³-hybridized carbons (Fsp3) is 0.333. The molecular weight excluding hydrogens is 290 g/mol. The summed E-state index contributed by atoms with van der Waals surface area (Å²) in [6, 6.07) is 9.71. The summed E-state index contributed by atoms with van der Waals surface area (Å²) >= 11 is 6.27. The molecule has 2 aromatic rings. The molecule has 2 rings (SSSR count). The van der Waals surface area contributed by atoms with Gasteiger partial charge < -0.3 is 10.0 Å². The van der Waals surface area contributed by atoms with E-state index < -0.39 is 5.97 Å². The van der Waals surface area contributed by atoms with Gasteiger partial charge in [-0.25, -0.2) is 0 Å². The van der Waals surface area contributed by atoms with Gasteiger partial charge in [-0.15, -0.1) is 0 Å². The van der Waals surface area contributed by atoms with Crippen LogP contribution in [0.4, 0.5) is 5.69 Å². The quantitative estimate of drug-likeness (QED) is 0.891. The number of aryl methyl sites for hydroxylation is 2. The number of anilines is 1. The zero-order valence-corrected chi connectivity index (χ0v) is 12.8. The molecule has 0 aliphatic carbocycles. The fourth-order valence-electron chi connectivity index (χ4n) is 2.21. The maximum atomic E-state index is 10.9. The molecule has 0 spiro atoms. The maximum absolute atomic E-state index is 10.9. The van der Waals surface area contributed by atoms with Crippen LogP contribution in [-0.4, -0.2) is 27.4 Å². The number of carbonyl (C=O) groups is 1. The minimum atomic E-state index is -0.815. The molecule has 0 saturated carbocycles. The molecule has 0 fully saturated rings. The Kier molecular flexibility index (Phi) is 4.85. The van der Waals surface area contributed by atoms with Crippen molar-refractivity contribution in [3.8, 4) is 0 Å². The average molecular weight is 308 g/mol. The van der Waals surface area contributed by atoms with Crippen LogP contribution >= 0.6 is 11.6 Å². The number of rotatable bonds is 6. The number of hydrogen-bond acceptors (Lipinski definition) is 3. The van der Waals surface area contributed by atoms with E-state index in [1.165, 1.54) is 0 Å². The number of carboxylic acids is 1. The largest absolute Gasteiger partial charge is 0.481 e. The van der Waals surface area contributed by atoms with Crippen LogP contribution < -0.4 is 4.90 Å². The summed E-state index contributed by atoms with van der Waals surface area (Å²) in [6.45, 7) is 2.86. The first kappa shape index (κ1) is 15.4. The number of aliphatic carboxylic acids is 1. The number of carboxylic acid groups (broad SMARTS) is 1. The second-order valence-electron chi connectivity index (χ2n) is 4.88. The first-order chi connectivity index (χ1) is 9.99. The van der Waals surface area contributed by atoms with E-state index in [1.807, 2.05) is 42.2 Å². The summed E-state index contributed by atoms with van der Waals surface area (Å²) in [4.78, 5) is 12.9. The van der Waals surface area contributed by atoms with Crippen molar-refractivity contribution in [1.82, 2.24) is 9.78 Å². The van der Waals surface area contributed by atoms with E-state index in [2.05, 4.69) is 5.10 Å². The highest BCUT2D eigenvalue weighted by molar-refractivity contribution is 6.30. The SMILES string of the molecule is Cc1nn(C)c(Cl)c1CN(CCC(=O)O)c1ccccc1. The molecule has 5 nitrogen and oxygen atoms in total. The molecule has 0 saturated heterocycles. The van der Waals surface area contributed by atoms with Crippen LogP contribution in [0, 0.1) is 6.92 Å². The van der Waals surface area contributed by atoms with Gasteiger partial charge in [0.2, 0.25) is 0 Å². The van der Waals surface area contributed by atoms with Crippen molar-refractivity contribution < 1.29 is 9.90 Å². The Morgan fingerprint density at radius 3 is 2.57 bits per heavy atom. The summed E-state index contributed by atoms with van der Waals surface area (Å²) in [5.74, 6) is -0.815. The second-order valence-corrected chi connectivity index (χ2v) is 5.24. The lowest BCUT2D eigenvalue weighted by molar-refractivity contribution is -0.136. The lowest BCUT2D eigenvalue weighted by atomic mass is 10.2. The van der Waals surface area contributed by atoms with Crippen molar-refractivity contribution in [1.29, 1.82) is 0 Å². The summed E-state index contributed by atoms with van der Waals surface area (Å²) in [7, 11) is 1.79. The number of hydrogen-bond donors (Lipinski definition) is 1. The molecule has 0 bridgehead atoms. The van der Waals surface area contributed by atoms with E-state index in [1.54, 1.807) is 11.7 Å². The minimum absolute atomic E-state index is 0.0752. The molecule has 6 heteroatoms.